The van der Waals surface area contributed by atoms with Gasteiger partial charge in [0.25, 0.3) is 0 Å². The van der Waals surface area contributed by atoms with Crippen LogP contribution in [0.4, 0.5) is 5.69 Å². The average Bonchev–Trinajstić information content (AvgIpc) is 2.28. The van der Waals surface area contributed by atoms with Crippen molar-refractivity contribution in [1.29, 1.82) is 0 Å². The van der Waals surface area contributed by atoms with Gasteiger partial charge >= 0.3 is 0 Å². The Labute approximate surface area is 86.7 Å². The highest BCUT2D eigenvalue weighted by molar-refractivity contribution is 6.31. The summed E-state index contributed by atoms with van der Waals surface area (Å²) in [5, 5.41) is 3.24. The van der Waals surface area contributed by atoms with Crippen LogP contribution in [0.15, 0.2) is 18.2 Å². The van der Waals surface area contributed by atoms with Crippen molar-refractivity contribution in [3.63, 3.8) is 0 Å². The van der Waals surface area contributed by atoms with Crippen LogP contribution in [0.2, 0.25) is 5.02 Å². The third-order valence-electron chi connectivity index (χ3n) is 1.89. The lowest BCUT2D eigenvalue weighted by molar-refractivity contribution is -0.116. The number of benzene rings is 1. The number of nitrogens with one attached hydrogen (secondary N) is 1. The highest BCUT2D eigenvalue weighted by Crippen LogP contribution is 2.30. The number of rotatable bonds is 0. The predicted octanol–water partition coefficient (Wildman–Crippen LogP) is 1.71. The molecule has 0 saturated heterocycles. The van der Waals surface area contributed by atoms with E-state index < -0.39 is 6.04 Å². The Morgan fingerprint density at radius 2 is 2.15 bits per heavy atom. The number of hydrogen-bond acceptors (Lipinski definition) is 2. The Hall–Kier alpha value is -0.770. The molecule has 3 N–H and O–H groups in total. The third kappa shape index (κ3) is 1.63. The lowest BCUT2D eigenvalue weighted by Gasteiger charge is -1.99. The smallest absolute Gasteiger partial charge is 0.245 e. The van der Waals surface area contributed by atoms with Gasteiger partial charge in [-0.2, -0.15) is 0 Å². The first-order chi connectivity index (χ1) is 5.68. The van der Waals surface area contributed by atoms with Crippen molar-refractivity contribution in [2.24, 2.45) is 5.73 Å². The maximum atomic E-state index is 11.1. The zero-order chi connectivity index (χ0) is 8.72. The van der Waals surface area contributed by atoms with Crippen LogP contribution in [0.3, 0.4) is 0 Å². The number of nitrogens with two attached hydrogens (primary N) is 1. The molecule has 0 bridgehead atoms. The molecule has 1 atom stereocenters. The normalized spacial score (nSPS) is 18.9. The summed E-state index contributed by atoms with van der Waals surface area (Å²) in [6.45, 7) is 0. The highest BCUT2D eigenvalue weighted by atomic mass is 35.5. The van der Waals surface area contributed by atoms with Gasteiger partial charge in [-0.3, -0.25) is 4.79 Å². The summed E-state index contributed by atoms with van der Waals surface area (Å²) in [6, 6.07) is 4.64. The van der Waals surface area contributed by atoms with Crippen molar-refractivity contribution < 1.29 is 4.79 Å². The lowest BCUT2D eigenvalue weighted by atomic mass is 10.1. The first-order valence-corrected chi connectivity index (χ1v) is 3.92. The molecule has 0 aliphatic carbocycles. The summed E-state index contributed by atoms with van der Waals surface area (Å²) in [4.78, 5) is 11.1. The van der Waals surface area contributed by atoms with Gasteiger partial charge in [-0.15, -0.1) is 12.4 Å². The molecule has 1 unspecified atom stereocenters. The summed E-state index contributed by atoms with van der Waals surface area (Å²) >= 11 is 5.73. The summed E-state index contributed by atoms with van der Waals surface area (Å²) < 4.78 is 0. The van der Waals surface area contributed by atoms with E-state index in [1.54, 1.807) is 18.2 Å². The first-order valence-electron chi connectivity index (χ1n) is 3.54. The van der Waals surface area contributed by atoms with E-state index in [0.717, 1.165) is 11.3 Å². The van der Waals surface area contributed by atoms with E-state index in [1.165, 1.54) is 0 Å². The molecular formula is C8H8Cl2N2O. The molecule has 1 aliphatic heterocycles. The molecule has 2 rings (SSSR count). The van der Waals surface area contributed by atoms with Crippen LogP contribution in [-0.2, 0) is 4.79 Å². The van der Waals surface area contributed by atoms with E-state index in [2.05, 4.69) is 5.32 Å². The molecule has 1 aliphatic rings. The zero-order valence-electron chi connectivity index (χ0n) is 6.58. The van der Waals surface area contributed by atoms with Crippen LogP contribution < -0.4 is 11.1 Å². The van der Waals surface area contributed by atoms with E-state index in [0.29, 0.717) is 5.02 Å². The number of carbonyl (C=O) groups excluding carboxylic acids is 1. The second-order valence-corrected chi connectivity index (χ2v) is 3.13. The predicted molar refractivity (Wildman–Crippen MR) is 54.3 cm³/mol. The molecule has 0 saturated carbocycles. The molecule has 0 spiro atoms. The molecule has 1 amide bonds. The fourth-order valence-corrected chi connectivity index (χ4v) is 1.43. The van der Waals surface area contributed by atoms with E-state index in [4.69, 9.17) is 17.3 Å². The fourth-order valence-electron chi connectivity index (χ4n) is 1.26. The summed E-state index contributed by atoms with van der Waals surface area (Å²) in [5.74, 6) is -0.174. The topological polar surface area (TPSA) is 55.1 Å². The lowest BCUT2D eigenvalue weighted by Crippen LogP contribution is -2.19. The Kier molecular flexibility index (Phi) is 2.81. The van der Waals surface area contributed by atoms with Gasteiger partial charge in [0.1, 0.15) is 6.04 Å². The van der Waals surface area contributed by atoms with Gasteiger partial charge in [-0.25, -0.2) is 0 Å². The maximum absolute atomic E-state index is 11.1. The van der Waals surface area contributed by atoms with Crippen molar-refractivity contribution >= 4 is 35.6 Å². The van der Waals surface area contributed by atoms with Crippen LogP contribution in [-0.4, -0.2) is 5.91 Å². The van der Waals surface area contributed by atoms with Gasteiger partial charge in [0.15, 0.2) is 0 Å². The second-order valence-electron chi connectivity index (χ2n) is 2.70. The third-order valence-corrected chi connectivity index (χ3v) is 2.13. The Morgan fingerprint density at radius 3 is 2.85 bits per heavy atom. The molecule has 1 aromatic carbocycles. The summed E-state index contributed by atoms with van der Waals surface area (Å²) in [6.07, 6.45) is 0. The quantitative estimate of drug-likeness (QED) is 0.697. The van der Waals surface area contributed by atoms with Crippen molar-refractivity contribution in [2.75, 3.05) is 5.32 Å². The highest BCUT2D eigenvalue weighted by Gasteiger charge is 2.26. The summed E-state index contributed by atoms with van der Waals surface area (Å²) in [7, 11) is 0. The Balaban J connectivity index is 0.000000845. The fraction of sp³-hybridized carbons (Fsp3) is 0.125. The standard InChI is InChI=1S/C8H7ClN2O.ClH/c9-4-1-2-5-6(3-4)11-8(12)7(5)10;/h1-3,7H,10H2,(H,11,12);1H. The Morgan fingerprint density at radius 1 is 1.46 bits per heavy atom. The monoisotopic (exact) mass is 218 g/mol. The van der Waals surface area contributed by atoms with Crippen LogP contribution in [0, 0.1) is 0 Å². The van der Waals surface area contributed by atoms with Crippen LogP contribution in [0.1, 0.15) is 11.6 Å². The van der Waals surface area contributed by atoms with Crippen molar-refractivity contribution in [3.8, 4) is 0 Å². The van der Waals surface area contributed by atoms with Crippen molar-refractivity contribution in [2.45, 2.75) is 6.04 Å². The van der Waals surface area contributed by atoms with Crippen LogP contribution in [0.5, 0.6) is 0 Å². The van der Waals surface area contributed by atoms with Gasteiger partial charge in [-0.05, 0) is 12.1 Å². The van der Waals surface area contributed by atoms with Crippen LogP contribution in [0.25, 0.3) is 0 Å². The summed E-state index contributed by atoms with van der Waals surface area (Å²) in [5.41, 5.74) is 7.12. The van der Waals surface area contributed by atoms with Gasteiger partial charge in [0.2, 0.25) is 5.91 Å². The molecule has 0 aromatic heterocycles. The van der Waals surface area contributed by atoms with Gasteiger partial charge in [0.05, 0.1) is 0 Å². The minimum absolute atomic E-state index is 0. The Bertz CT molecular complexity index is 354. The average molecular weight is 219 g/mol. The molecule has 70 valence electrons. The van der Waals surface area contributed by atoms with Gasteiger partial charge in [-0.1, -0.05) is 17.7 Å². The molecule has 3 nitrogen and oxygen atoms in total. The first kappa shape index (κ1) is 10.3. The van der Waals surface area contributed by atoms with E-state index in [-0.39, 0.29) is 18.3 Å². The van der Waals surface area contributed by atoms with Crippen molar-refractivity contribution in [1.82, 2.24) is 0 Å². The number of anilines is 1. The molecule has 5 heteroatoms. The molecule has 1 heterocycles. The largest absolute Gasteiger partial charge is 0.324 e. The van der Waals surface area contributed by atoms with Crippen molar-refractivity contribution in [3.05, 3.63) is 28.8 Å². The number of halogens is 2. The number of fused-ring (bicyclic) bond motifs is 1. The minimum Gasteiger partial charge on any atom is -0.324 e. The zero-order valence-corrected chi connectivity index (χ0v) is 8.15. The van der Waals surface area contributed by atoms with E-state index >= 15 is 0 Å². The van der Waals surface area contributed by atoms with Gasteiger partial charge in [0, 0.05) is 16.3 Å². The molecule has 0 radical (unpaired) electrons. The molecule has 0 fully saturated rings. The number of hydrogen-bond donors (Lipinski definition) is 2. The number of amides is 1. The minimum atomic E-state index is -0.544. The van der Waals surface area contributed by atoms with Crippen LogP contribution >= 0.6 is 24.0 Å². The number of carbonyl (C=O) groups is 1. The van der Waals surface area contributed by atoms with Gasteiger partial charge < -0.3 is 11.1 Å². The molecule has 1 aromatic rings. The molecule has 13 heavy (non-hydrogen) atoms. The maximum Gasteiger partial charge on any atom is 0.245 e. The second kappa shape index (κ2) is 3.54. The molecular weight excluding hydrogens is 211 g/mol. The SMILES string of the molecule is Cl.NC1C(=O)Nc2cc(Cl)ccc21. The van der Waals surface area contributed by atoms with E-state index in [1.807, 2.05) is 0 Å². The van der Waals surface area contributed by atoms with E-state index in [9.17, 15) is 4.79 Å².